The molecule has 0 aliphatic heterocycles. The van der Waals surface area contributed by atoms with E-state index in [4.69, 9.17) is 67.3 Å². The lowest BCUT2D eigenvalue weighted by atomic mass is 9.83. The van der Waals surface area contributed by atoms with Crippen LogP contribution in [0.4, 0.5) is 9.59 Å². The Kier molecular flexibility index (Phi) is 17.9. The highest BCUT2D eigenvalue weighted by Crippen LogP contribution is 2.46. The number of phenolic OH excluding ortho intramolecular Hbond substituents is 4. The van der Waals surface area contributed by atoms with Crippen molar-refractivity contribution in [2.45, 2.75) is 137 Å². The molecule has 2 aromatic carbocycles. The highest BCUT2D eigenvalue weighted by atomic mass is 35.5. The average Bonchev–Trinajstić information content (AvgIpc) is 3.03. The van der Waals surface area contributed by atoms with Crippen molar-refractivity contribution in [2.75, 3.05) is 0 Å². The van der Waals surface area contributed by atoms with E-state index < -0.39 is 34.1 Å². The number of benzene rings is 2. The summed E-state index contributed by atoms with van der Waals surface area (Å²) in [5, 5.41) is 45.4. The van der Waals surface area contributed by atoms with Gasteiger partial charge in [0.2, 0.25) is 0 Å². The van der Waals surface area contributed by atoms with E-state index in [0.29, 0.717) is 112 Å². The molecule has 0 heterocycles. The number of halogens is 4. The van der Waals surface area contributed by atoms with E-state index in [2.05, 4.69) is 0 Å². The lowest BCUT2D eigenvalue weighted by Gasteiger charge is -2.28. The minimum Gasteiger partial charge on any atom is -0.508 e. The number of phenols is 4. The zero-order valence-corrected chi connectivity index (χ0v) is 32.9. The van der Waals surface area contributed by atoms with Crippen LogP contribution < -0.4 is 11.5 Å². The molecule has 10 nitrogen and oxygen atoms in total. The Hall–Kier alpha value is -2.66. The summed E-state index contributed by atoms with van der Waals surface area (Å²) in [6, 6.07) is 6.13. The molecule has 0 fully saturated rings. The van der Waals surface area contributed by atoms with Crippen LogP contribution in [0.3, 0.4) is 0 Å². The Bertz CT molecular complexity index is 1310. The number of hydrogen-bond donors (Lipinski definition) is 6. The maximum absolute atomic E-state index is 12.0. The van der Waals surface area contributed by atoms with Gasteiger partial charge in [-0.05, 0) is 99.3 Å². The van der Waals surface area contributed by atoms with Gasteiger partial charge in [-0.3, -0.25) is 0 Å². The Balaban J connectivity index is 2.04. The largest absolute Gasteiger partial charge is 0.508 e. The molecule has 0 spiro atoms. The second-order valence-corrected chi connectivity index (χ2v) is 16.8. The molecule has 52 heavy (non-hydrogen) atoms. The van der Waals surface area contributed by atoms with Gasteiger partial charge in [-0.15, -0.1) is 46.4 Å². The molecule has 14 heteroatoms. The Morgan fingerprint density at radius 3 is 1.23 bits per heavy atom. The highest BCUT2D eigenvalue weighted by molar-refractivity contribution is 6.44. The predicted molar refractivity (Wildman–Crippen MR) is 206 cm³/mol. The lowest BCUT2D eigenvalue weighted by Crippen LogP contribution is -2.22. The summed E-state index contributed by atoms with van der Waals surface area (Å²) in [7, 11) is 0. The zero-order chi connectivity index (χ0) is 38.5. The van der Waals surface area contributed by atoms with Gasteiger partial charge in [0, 0.05) is 22.3 Å². The minimum atomic E-state index is -0.972. The first kappa shape index (κ1) is 43.7. The maximum atomic E-state index is 12.0. The van der Waals surface area contributed by atoms with Crippen molar-refractivity contribution in [2.24, 2.45) is 23.3 Å². The van der Waals surface area contributed by atoms with Gasteiger partial charge in [-0.1, -0.05) is 52.4 Å². The molecule has 0 saturated carbocycles. The number of hydrogen-bond acceptors (Lipinski definition) is 8. The summed E-state index contributed by atoms with van der Waals surface area (Å²) >= 11 is 24.0. The quantitative estimate of drug-likeness (QED) is 0.128. The van der Waals surface area contributed by atoms with Crippen LogP contribution in [-0.4, -0.2) is 42.3 Å². The van der Waals surface area contributed by atoms with Gasteiger partial charge in [-0.25, -0.2) is 9.59 Å². The summed E-state index contributed by atoms with van der Waals surface area (Å²) in [5.41, 5.74) is 12.6. The van der Waals surface area contributed by atoms with E-state index in [1.165, 1.54) is 24.3 Å². The third-order valence-electron chi connectivity index (χ3n) is 10.2. The molecule has 0 unspecified atom stereocenters. The van der Waals surface area contributed by atoms with Gasteiger partial charge in [0.25, 0.3) is 0 Å². The fourth-order valence-corrected chi connectivity index (χ4v) is 8.27. The molecule has 2 aromatic rings. The van der Waals surface area contributed by atoms with Crippen LogP contribution >= 0.6 is 46.4 Å². The van der Waals surface area contributed by atoms with Gasteiger partial charge < -0.3 is 41.4 Å². The van der Waals surface area contributed by atoms with Crippen molar-refractivity contribution < 1.29 is 39.5 Å². The zero-order valence-electron chi connectivity index (χ0n) is 29.9. The van der Waals surface area contributed by atoms with E-state index in [0.717, 1.165) is 0 Å². The first-order valence-corrected chi connectivity index (χ1v) is 19.9. The number of rotatable bonds is 10. The highest BCUT2D eigenvalue weighted by Gasteiger charge is 2.30. The number of ether oxygens (including phenoxy) is 2. The molecule has 0 saturated heterocycles. The van der Waals surface area contributed by atoms with E-state index in [9.17, 15) is 30.0 Å². The number of carbonyl (C=O) groups is 2. The molecule has 8 N–H and O–H groups in total. The van der Waals surface area contributed by atoms with Gasteiger partial charge >= 0.3 is 12.2 Å². The van der Waals surface area contributed by atoms with Crippen molar-refractivity contribution >= 4 is 58.6 Å². The van der Waals surface area contributed by atoms with Gasteiger partial charge in [0.05, 0.1) is 0 Å². The normalized spacial score (nSPS) is 23.6. The topological polar surface area (TPSA) is 186 Å². The monoisotopic (exact) mass is 806 g/mol. The summed E-state index contributed by atoms with van der Waals surface area (Å²) < 4.78 is 11.1. The van der Waals surface area contributed by atoms with E-state index in [-0.39, 0.29) is 46.7 Å². The summed E-state index contributed by atoms with van der Waals surface area (Å²) in [6.45, 7) is 3.82. The first-order chi connectivity index (χ1) is 24.6. The van der Waals surface area contributed by atoms with Crippen molar-refractivity contribution in [3.63, 3.8) is 0 Å². The molecule has 0 aromatic heterocycles. The molecule has 0 radical (unpaired) electrons. The Morgan fingerprint density at radius 2 is 0.942 bits per heavy atom. The fraction of sp³-hybridized carbons (Fsp3) is 0.632. The number of carbonyl (C=O) groups excluding carboxylic acids is 2. The van der Waals surface area contributed by atoms with Crippen LogP contribution in [0.1, 0.15) is 150 Å². The van der Waals surface area contributed by atoms with E-state index in [1.807, 2.05) is 13.8 Å². The number of amides is 2. The SMILES string of the molecule is C[C@H]1CCCC[C@@H](CCCC(Cl)Cl)c2c(O)cc(cc2O)[C@H](OC(N)=O)[C@@H](C)CCCC[C@@H](CCCC(Cl)Cl)c2c(O)cc(cc2O)[C@@H]1OC(N)=O. The second-order valence-electron chi connectivity index (χ2n) is 14.2. The molecule has 4 aliphatic carbocycles. The number of alkyl halides is 4. The van der Waals surface area contributed by atoms with Crippen molar-refractivity contribution in [3.05, 3.63) is 46.5 Å². The number of aromatic hydroxyl groups is 4. The van der Waals surface area contributed by atoms with Crippen LogP contribution in [0.25, 0.3) is 0 Å². The van der Waals surface area contributed by atoms with Crippen molar-refractivity contribution in [3.8, 4) is 23.0 Å². The van der Waals surface area contributed by atoms with E-state index >= 15 is 0 Å². The van der Waals surface area contributed by atoms with Gasteiger partial charge in [-0.2, -0.15) is 0 Å². The predicted octanol–water partition coefficient (Wildman–Crippen LogP) is 11.0. The summed E-state index contributed by atoms with van der Waals surface area (Å²) in [4.78, 5) is 23.0. The summed E-state index contributed by atoms with van der Waals surface area (Å²) in [6.07, 6.45) is 5.15. The van der Waals surface area contributed by atoms with Crippen molar-refractivity contribution in [1.82, 2.24) is 0 Å². The first-order valence-electron chi connectivity index (χ1n) is 18.2. The number of nitrogens with two attached hydrogens (primary N) is 2. The molecular weight excluding hydrogens is 754 g/mol. The Labute approximate surface area is 327 Å². The van der Waals surface area contributed by atoms with Gasteiger partial charge in [0.1, 0.15) is 44.9 Å². The van der Waals surface area contributed by atoms with Crippen LogP contribution in [0.5, 0.6) is 23.0 Å². The minimum absolute atomic E-state index is 0.106. The second kappa shape index (κ2) is 21.3. The number of primary amides is 2. The summed E-state index contributed by atoms with van der Waals surface area (Å²) in [5.74, 6) is -1.39. The third-order valence-corrected chi connectivity index (χ3v) is 11.1. The Morgan fingerprint density at radius 1 is 0.635 bits per heavy atom. The standard InChI is InChI=1S/C38H54Cl4N2O8/c1-21-9-3-5-11-23(13-7-15-31(39)40)34-29(47)19-26(20-30(34)48)36(52-38(44)50)22(2)10-4-6-12-24(14-8-16-32(41)42)33-27(45)17-25(18-28(33)46)35(21)51-37(43)49/h17-24,31-32,35-36,45-48H,3-16H2,1-2H3,(H2,43,49)(H2,44,50)/t21-,22-,23-,24-,35+,36+/m0/s1. The van der Waals surface area contributed by atoms with Gasteiger partial charge in [0.15, 0.2) is 0 Å². The van der Waals surface area contributed by atoms with Crippen LogP contribution in [0, 0.1) is 11.8 Å². The molecule has 292 valence electrons. The molecule has 4 bridgehead atoms. The molecule has 6 atom stereocenters. The maximum Gasteiger partial charge on any atom is 0.405 e. The van der Waals surface area contributed by atoms with Crippen LogP contribution in [0.2, 0.25) is 0 Å². The molecule has 6 rings (SSSR count). The average molecular weight is 809 g/mol. The molecule has 2 amide bonds. The lowest BCUT2D eigenvalue weighted by molar-refractivity contribution is 0.0683. The molecule has 4 aliphatic rings. The van der Waals surface area contributed by atoms with Crippen LogP contribution in [0.15, 0.2) is 24.3 Å². The molecular formula is C38H54Cl4N2O8. The van der Waals surface area contributed by atoms with Crippen LogP contribution in [-0.2, 0) is 9.47 Å². The fourth-order valence-electron chi connectivity index (χ4n) is 7.65. The third kappa shape index (κ3) is 13.3. The van der Waals surface area contributed by atoms with E-state index in [1.54, 1.807) is 0 Å². The smallest absolute Gasteiger partial charge is 0.405 e. The van der Waals surface area contributed by atoms with Crippen molar-refractivity contribution in [1.29, 1.82) is 0 Å².